The predicted octanol–water partition coefficient (Wildman–Crippen LogP) is 3.57. The topological polar surface area (TPSA) is 3.24 Å². The summed E-state index contributed by atoms with van der Waals surface area (Å²) < 4.78 is 0. The van der Waals surface area contributed by atoms with Gasteiger partial charge in [0.05, 0.1) is 0 Å². The Morgan fingerprint density at radius 3 is 2.50 bits per heavy atom. The van der Waals surface area contributed by atoms with Crippen LogP contribution in [0.15, 0.2) is 36.2 Å². The highest BCUT2D eigenvalue weighted by Gasteiger charge is 2.12. The van der Waals surface area contributed by atoms with E-state index in [-0.39, 0.29) is 0 Å². The third kappa shape index (κ3) is 2.76. The minimum Gasteiger partial charge on any atom is -0.351 e. The lowest BCUT2D eigenvalue weighted by Gasteiger charge is -2.23. The average molecular weight is 191 g/mol. The molecule has 1 rings (SSSR count). The van der Waals surface area contributed by atoms with Crippen molar-refractivity contribution in [1.82, 2.24) is 4.90 Å². The molecule has 0 aromatic carbocycles. The normalized spacial score (nSPS) is 19.2. The van der Waals surface area contributed by atoms with Crippen LogP contribution in [-0.2, 0) is 0 Å². The zero-order valence-corrected chi connectivity index (χ0v) is 9.70. The first-order valence-electron chi connectivity index (χ1n) is 5.42. The number of hydrogen-bond donors (Lipinski definition) is 0. The Hall–Kier alpha value is -0.980. The van der Waals surface area contributed by atoms with Crippen molar-refractivity contribution < 1.29 is 0 Å². The van der Waals surface area contributed by atoms with E-state index >= 15 is 0 Å². The number of hydrogen-bond acceptors (Lipinski definition) is 1. The fourth-order valence-corrected chi connectivity index (χ4v) is 1.55. The van der Waals surface area contributed by atoms with Crippen LogP contribution in [-0.4, -0.2) is 11.4 Å². The molecule has 0 spiro atoms. The average Bonchev–Trinajstić information content (AvgIpc) is 2.18. The van der Waals surface area contributed by atoms with Crippen LogP contribution in [0, 0.1) is 11.8 Å². The van der Waals surface area contributed by atoms with Crippen molar-refractivity contribution in [1.29, 1.82) is 0 Å². The maximum absolute atomic E-state index is 2.32. The molecule has 1 nitrogen and oxygen atoms in total. The van der Waals surface area contributed by atoms with Gasteiger partial charge in [-0.1, -0.05) is 32.9 Å². The van der Waals surface area contributed by atoms with Gasteiger partial charge in [0, 0.05) is 12.7 Å². The van der Waals surface area contributed by atoms with Crippen LogP contribution in [0.2, 0.25) is 0 Å². The maximum Gasteiger partial charge on any atom is 0.0406 e. The summed E-state index contributed by atoms with van der Waals surface area (Å²) in [6.45, 7) is 9.90. The van der Waals surface area contributed by atoms with E-state index in [0.29, 0.717) is 5.92 Å². The molecule has 0 fully saturated rings. The molecule has 1 aliphatic heterocycles. The summed E-state index contributed by atoms with van der Waals surface area (Å²) in [7, 11) is 0. The van der Waals surface area contributed by atoms with Gasteiger partial charge in [0.15, 0.2) is 0 Å². The van der Waals surface area contributed by atoms with Crippen LogP contribution >= 0.6 is 0 Å². The molecule has 0 saturated carbocycles. The second-order valence-corrected chi connectivity index (χ2v) is 4.23. The Balaban J connectivity index is 2.58. The lowest BCUT2D eigenvalue weighted by Crippen LogP contribution is -2.16. The molecule has 0 N–H and O–H groups in total. The molecule has 14 heavy (non-hydrogen) atoms. The lowest BCUT2D eigenvalue weighted by atomic mass is 9.89. The third-order valence-corrected chi connectivity index (χ3v) is 2.86. The number of nitrogens with zero attached hydrogens (tertiary/aromatic N) is 1. The molecular formula is C13H21N. The monoisotopic (exact) mass is 191 g/mol. The Kier molecular flexibility index (Phi) is 3.99. The van der Waals surface area contributed by atoms with Crippen LogP contribution in [0.5, 0.6) is 0 Å². The van der Waals surface area contributed by atoms with Crippen LogP contribution < -0.4 is 0 Å². The van der Waals surface area contributed by atoms with Gasteiger partial charge in [0.2, 0.25) is 0 Å². The van der Waals surface area contributed by atoms with E-state index in [2.05, 4.69) is 56.3 Å². The number of allylic oxidation sites excluding steroid dienone is 3. The zero-order valence-electron chi connectivity index (χ0n) is 9.70. The van der Waals surface area contributed by atoms with E-state index in [1.54, 1.807) is 0 Å². The van der Waals surface area contributed by atoms with E-state index < -0.39 is 0 Å². The highest BCUT2D eigenvalue weighted by atomic mass is 15.1. The molecule has 0 aliphatic carbocycles. The fraction of sp³-hybridized carbons (Fsp3) is 0.538. The first kappa shape index (κ1) is 11.1. The first-order chi connectivity index (χ1) is 6.65. The molecule has 0 radical (unpaired) electrons. The second kappa shape index (κ2) is 5.04. The van der Waals surface area contributed by atoms with Gasteiger partial charge >= 0.3 is 0 Å². The molecule has 78 valence electrons. The minimum absolute atomic E-state index is 0.666. The van der Waals surface area contributed by atoms with Gasteiger partial charge in [-0.3, -0.25) is 0 Å². The molecule has 1 atom stereocenters. The molecule has 1 aliphatic rings. The summed E-state index contributed by atoms with van der Waals surface area (Å²) >= 11 is 0. The molecule has 1 unspecified atom stereocenters. The standard InChI is InChI=1S/C13H21N/c1-5-8-14-9-6-13(7-10-14)12(4)11(2)3/h5-9,11-12H,10H2,1-4H3/b8-5-. The maximum atomic E-state index is 2.32. The highest BCUT2D eigenvalue weighted by Crippen LogP contribution is 2.23. The Bertz CT molecular complexity index is 258. The lowest BCUT2D eigenvalue weighted by molar-refractivity contribution is 0.473. The van der Waals surface area contributed by atoms with Gasteiger partial charge in [-0.25, -0.2) is 0 Å². The van der Waals surface area contributed by atoms with Gasteiger partial charge in [0.1, 0.15) is 0 Å². The summed E-state index contributed by atoms with van der Waals surface area (Å²) in [6.07, 6.45) is 10.9. The Labute approximate surface area is 87.8 Å². The molecule has 0 bridgehead atoms. The second-order valence-electron chi connectivity index (χ2n) is 4.23. The summed E-state index contributed by atoms with van der Waals surface area (Å²) in [5.41, 5.74) is 1.47. The first-order valence-corrected chi connectivity index (χ1v) is 5.42. The molecule has 0 saturated heterocycles. The van der Waals surface area contributed by atoms with E-state index in [0.717, 1.165) is 12.5 Å². The van der Waals surface area contributed by atoms with Crippen molar-refractivity contribution in [3.63, 3.8) is 0 Å². The van der Waals surface area contributed by atoms with E-state index in [9.17, 15) is 0 Å². The molecule has 1 heteroatoms. The smallest absolute Gasteiger partial charge is 0.0406 e. The van der Waals surface area contributed by atoms with Gasteiger partial charge in [-0.05, 0) is 36.6 Å². The van der Waals surface area contributed by atoms with Crippen LogP contribution in [0.4, 0.5) is 0 Å². The summed E-state index contributed by atoms with van der Waals surface area (Å²) in [5, 5.41) is 0. The predicted molar refractivity (Wildman–Crippen MR) is 62.7 cm³/mol. The van der Waals surface area contributed by atoms with Crippen LogP contribution in [0.25, 0.3) is 0 Å². The molecular weight excluding hydrogens is 170 g/mol. The van der Waals surface area contributed by atoms with Crippen molar-refractivity contribution in [3.8, 4) is 0 Å². The van der Waals surface area contributed by atoms with E-state index in [1.165, 1.54) is 5.57 Å². The highest BCUT2D eigenvalue weighted by molar-refractivity contribution is 5.26. The Morgan fingerprint density at radius 2 is 2.07 bits per heavy atom. The van der Waals surface area contributed by atoms with E-state index in [4.69, 9.17) is 0 Å². The summed E-state index contributed by atoms with van der Waals surface area (Å²) in [6, 6.07) is 0. The quantitative estimate of drug-likeness (QED) is 0.659. The van der Waals surface area contributed by atoms with Crippen LogP contribution in [0.1, 0.15) is 27.7 Å². The van der Waals surface area contributed by atoms with Gasteiger partial charge < -0.3 is 4.90 Å². The summed E-state index contributed by atoms with van der Waals surface area (Å²) in [4.78, 5) is 2.19. The van der Waals surface area contributed by atoms with Gasteiger partial charge in [-0.15, -0.1) is 0 Å². The zero-order chi connectivity index (χ0) is 10.6. The third-order valence-electron chi connectivity index (χ3n) is 2.86. The Morgan fingerprint density at radius 1 is 1.36 bits per heavy atom. The molecule has 0 aromatic rings. The van der Waals surface area contributed by atoms with Crippen molar-refractivity contribution in [2.45, 2.75) is 27.7 Å². The van der Waals surface area contributed by atoms with Crippen molar-refractivity contribution in [3.05, 3.63) is 36.2 Å². The van der Waals surface area contributed by atoms with Crippen molar-refractivity contribution >= 4 is 0 Å². The molecule has 0 amide bonds. The number of rotatable bonds is 3. The minimum atomic E-state index is 0.666. The van der Waals surface area contributed by atoms with Crippen molar-refractivity contribution in [2.24, 2.45) is 11.8 Å². The largest absolute Gasteiger partial charge is 0.351 e. The van der Waals surface area contributed by atoms with Crippen LogP contribution in [0.3, 0.4) is 0 Å². The van der Waals surface area contributed by atoms with Gasteiger partial charge in [0.25, 0.3) is 0 Å². The fourth-order valence-electron chi connectivity index (χ4n) is 1.55. The van der Waals surface area contributed by atoms with Gasteiger partial charge in [-0.2, -0.15) is 0 Å². The molecule has 1 heterocycles. The van der Waals surface area contributed by atoms with E-state index in [1.807, 2.05) is 6.92 Å². The molecule has 0 aromatic heterocycles. The summed E-state index contributed by atoms with van der Waals surface area (Å²) in [5.74, 6) is 1.39. The van der Waals surface area contributed by atoms with Crippen molar-refractivity contribution in [2.75, 3.05) is 6.54 Å². The SMILES string of the molecule is C/C=C\N1C=CC(C(C)C(C)C)=CC1.